The summed E-state index contributed by atoms with van der Waals surface area (Å²) in [4.78, 5) is 44.1. The number of carbonyl (C=O) groups excluding carboxylic acids is 4. The van der Waals surface area contributed by atoms with E-state index >= 15 is 0 Å². The van der Waals surface area contributed by atoms with Gasteiger partial charge in [0.1, 0.15) is 12.1 Å². The summed E-state index contributed by atoms with van der Waals surface area (Å²) in [6.45, 7) is 0.479. The molecule has 0 amide bonds. The summed E-state index contributed by atoms with van der Waals surface area (Å²) in [6.07, 6.45) is 2.26. The van der Waals surface area contributed by atoms with Crippen LogP contribution >= 0.6 is 13.5 Å². The fourth-order valence-electron chi connectivity index (χ4n) is 2.51. The maximum absolute atomic E-state index is 11.1. The second kappa shape index (κ2) is 12.2. The number of hydrogen-bond donors (Lipinski definition) is 2. The van der Waals surface area contributed by atoms with Gasteiger partial charge in [0, 0.05) is 19.2 Å². The standard InChI is InChI=1S/C8H13NO4.C8H11NO4.H2S/c2*1-12-7(10)5-3-6(9-4-5)8(11)13-2;/h5-6,9H,3-4H2,1-2H3;4,6,9H,3H2,1-2H3;1H2/t5?,6-;6-;/m00./s1. The van der Waals surface area contributed by atoms with Gasteiger partial charge in [-0.05, 0) is 6.42 Å². The molecule has 1 fully saturated rings. The molecule has 1 unspecified atom stereocenters. The van der Waals surface area contributed by atoms with Crippen LogP contribution in [0.3, 0.4) is 0 Å². The number of hydrogen-bond acceptors (Lipinski definition) is 10. The zero-order valence-corrected chi connectivity index (χ0v) is 16.7. The first-order valence-electron chi connectivity index (χ1n) is 7.88. The molecule has 2 rings (SSSR count). The summed E-state index contributed by atoms with van der Waals surface area (Å²) in [5, 5.41) is 5.63. The highest BCUT2D eigenvalue weighted by molar-refractivity contribution is 7.59. The van der Waals surface area contributed by atoms with Gasteiger partial charge in [-0.15, -0.1) is 0 Å². The lowest BCUT2D eigenvalue weighted by atomic mass is 10.1. The van der Waals surface area contributed by atoms with Crippen LogP contribution < -0.4 is 10.6 Å². The Balaban J connectivity index is 0.000000483. The van der Waals surface area contributed by atoms with Crippen molar-refractivity contribution in [2.24, 2.45) is 5.92 Å². The Morgan fingerprint density at radius 2 is 1.44 bits per heavy atom. The van der Waals surface area contributed by atoms with Crippen LogP contribution in [0.1, 0.15) is 12.8 Å². The molecule has 0 spiro atoms. The number of methoxy groups -OCH3 is 4. The topological polar surface area (TPSA) is 129 Å². The van der Waals surface area contributed by atoms with E-state index in [-0.39, 0.29) is 43.4 Å². The van der Waals surface area contributed by atoms with Gasteiger partial charge in [-0.2, -0.15) is 13.5 Å². The van der Waals surface area contributed by atoms with E-state index in [1.165, 1.54) is 34.6 Å². The Morgan fingerprint density at radius 1 is 0.889 bits per heavy atom. The van der Waals surface area contributed by atoms with Crippen LogP contribution in [0.4, 0.5) is 0 Å². The normalized spacial score (nSPS) is 22.7. The minimum Gasteiger partial charge on any atom is -0.469 e. The van der Waals surface area contributed by atoms with E-state index in [4.69, 9.17) is 0 Å². The summed E-state index contributed by atoms with van der Waals surface area (Å²) in [6, 6.07) is -0.826. The summed E-state index contributed by atoms with van der Waals surface area (Å²) >= 11 is 0. The molecule has 1 saturated heterocycles. The molecular weight excluding hydrogens is 380 g/mol. The van der Waals surface area contributed by atoms with Crippen molar-refractivity contribution in [2.45, 2.75) is 24.9 Å². The quantitative estimate of drug-likeness (QED) is 0.443. The van der Waals surface area contributed by atoms with E-state index in [0.717, 1.165) is 0 Å². The van der Waals surface area contributed by atoms with Crippen molar-refractivity contribution in [3.63, 3.8) is 0 Å². The van der Waals surface area contributed by atoms with Gasteiger partial charge in [0.25, 0.3) is 0 Å². The van der Waals surface area contributed by atoms with Crippen LogP contribution in [0.5, 0.6) is 0 Å². The van der Waals surface area contributed by atoms with E-state index in [9.17, 15) is 19.2 Å². The van der Waals surface area contributed by atoms with Crippen LogP contribution in [-0.2, 0) is 38.1 Å². The van der Waals surface area contributed by atoms with Gasteiger partial charge in [-0.1, -0.05) is 0 Å². The molecule has 0 saturated carbocycles. The van der Waals surface area contributed by atoms with Crippen LogP contribution in [0.25, 0.3) is 0 Å². The Labute approximate surface area is 164 Å². The van der Waals surface area contributed by atoms with E-state index in [2.05, 4.69) is 29.6 Å². The van der Waals surface area contributed by atoms with Crippen LogP contribution in [0, 0.1) is 5.92 Å². The molecule has 27 heavy (non-hydrogen) atoms. The second-order valence-electron chi connectivity index (χ2n) is 5.55. The Bertz CT molecular complexity index is 539. The number of esters is 4. The lowest BCUT2D eigenvalue weighted by Crippen LogP contribution is -2.31. The average molecular weight is 406 g/mol. The van der Waals surface area contributed by atoms with Gasteiger partial charge in [0.05, 0.1) is 39.9 Å². The zero-order valence-electron chi connectivity index (χ0n) is 15.7. The molecule has 2 aliphatic heterocycles. The van der Waals surface area contributed by atoms with Crippen LogP contribution in [0.2, 0.25) is 0 Å². The predicted molar refractivity (Wildman–Crippen MR) is 98.0 cm³/mol. The van der Waals surface area contributed by atoms with Crippen molar-refractivity contribution in [1.82, 2.24) is 10.6 Å². The smallest absolute Gasteiger partial charge is 0.335 e. The molecule has 3 atom stereocenters. The number of carbonyl (C=O) groups is 4. The van der Waals surface area contributed by atoms with Crippen LogP contribution in [0.15, 0.2) is 11.8 Å². The third kappa shape index (κ3) is 7.10. The van der Waals surface area contributed by atoms with Crippen molar-refractivity contribution in [3.05, 3.63) is 11.8 Å². The van der Waals surface area contributed by atoms with E-state index in [0.29, 0.717) is 25.0 Å². The molecule has 2 N–H and O–H groups in total. The molecule has 0 radical (unpaired) electrons. The summed E-state index contributed by atoms with van der Waals surface area (Å²) in [5.41, 5.74) is 0.456. The minimum absolute atomic E-state index is 0. The molecule has 154 valence electrons. The number of rotatable bonds is 4. The highest BCUT2D eigenvalue weighted by Crippen LogP contribution is 2.16. The minimum atomic E-state index is -0.459. The predicted octanol–water partition coefficient (Wildman–Crippen LogP) is -0.998. The Morgan fingerprint density at radius 3 is 1.96 bits per heavy atom. The van der Waals surface area contributed by atoms with E-state index in [1.807, 2.05) is 0 Å². The van der Waals surface area contributed by atoms with Gasteiger partial charge in [0.15, 0.2) is 0 Å². The van der Waals surface area contributed by atoms with Crippen LogP contribution in [-0.4, -0.2) is 70.9 Å². The van der Waals surface area contributed by atoms with E-state index in [1.54, 1.807) is 0 Å². The van der Waals surface area contributed by atoms with Gasteiger partial charge < -0.3 is 29.6 Å². The molecule has 0 aromatic rings. The van der Waals surface area contributed by atoms with Gasteiger partial charge >= 0.3 is 23.9 Å². The number of ether oxygens (including phenoxy) is 4. The largest absolute Gasteiger partial charge is 0.469 e. The first-order chi connectivity index (χ1) is 12.4. The first-order valence-corrected chi connectivity index (χ1v) is 7.88. The van der Waals surface area contributed by atoms with Gasteiger partial charge in [0.2, 0.25) is 0 Å². The third-order valence-corrected chi connectivity index (χ3v) is 3.97. The summed E-state index contributed by atoms with van der Waals surface area (Å²) in [7, 11) is 5.28. The Kier molecular flexibility index (Phi) is 11.2. The molecule has 2 heterocycles. The lowest BCUT2D eigenvalue weighted by Gasteiger charge is -2.07. The molecular formula is C16H26N2O8S. The maximum atomic E-state index is 11.1. The van der Waals surface area contributed by atoms with Gasteiger partial charge in [-0.3, -0.25) is 9.59 Å². The van der Waals surface area contributed by atoms with Crippen molar-refractivity contribution < 1.29 is 38.1 Å². The molecule has 0 bridgehead atoms. The lowest BCUT2D eigenvalue weighted by molar-refractivity contribution is -0.145. The monoisotopic (exact) mass is 406 g/mol. The van der Waals surface area contributed by atoms with Crippen molar-refractivity contribution >= 4 is 37.4 Å². The maximum Gasteiger partial charge on any atom is 0.335 e. The molecule has 10 nitrogen and oxygen atoms in total. The third-order valence-electron chi connectivity index (χ3n) is 3.97. The molecule has 2 aliphatic rings. The summed E-state index contributed by atoms with van der Waals surface area (Å²) < 4.78 is 18.1. The molecule has 0 aromatic heterocycles. The fourth-order valence-corrected chi connectivity index (χ4v) is 2.51. The van der Waals surface area contributed by atoms with Gasteiger partial charge in [-0.25, -0.2) is 9.59 Å². The fraction of sp³-hybridized carbons (Fsp3) is 0.625. The Hall–Kier alpha value is -2.27. The molecule has 11 heteroatoms. The van der Waals surface area contributed by atoms with E-state index < -0.39 is 12.0 Å². The number of nitrogens with one attached hydrogen (secondary N) is 2. The van der Waals surface area contributed by atoms with Crippen molar-refractivity contribution in [1.29, 1.82) is 0 Å². The zero-order chi connectivity index (χ0) is 19.7. The highest BCUT2D eigenvalue weighted by atomic mass is 32.1. The van der Waals surface area contributed by atoms with Crippen molar-refractivity contribution in [3.8, 4) is 0 Å². The van der Waals surface area contributed by atoms with Crippen molar-refractivity contribution in [2.75, 3.05) is 35.0 Å². The highest BCUT2D eigenvalue weighted by Gasteiger charge is 2.34. The second-order valence-corrected chi connectivity index (χ2v) is 5.55. The molecule has 0 aromatic carbocycles. The SMILES string of the molecule is COC(=O)C1=CN[C@H](C(=O)OC)C1.COC(=O)C1CN[C@H](C(=O)OC)C1.S. The summed E-state index contributed by atoms with van der Waals surface area (Å²) in [5.74, 6) is -1.63. The average Bonchev–Trinajstić information content (AvgIpc) is 3.35. The molecule has 0 aliphatic carbocycles. The first kappa shape index (κ1) is 24.7.